The van der Waals surface area contributed by atoms with Gasteiger partial charge >= 0.3 is 5.97 Å². The summed E-state index contributed by atoms with van der Waals surface area (Å²) in [5, 5.41) is 3.05. The van der Waals surface area contributed by atoms with Crippen LogP contribution in [-0.4, -0.2) is 19.6 Å². The number of methoxy groups -OCH3 is 1. The third-order valence-corrected chi connectivity index (χ3v) is 1.58. The molecule has 1 aromatic rings. The van der Waals surface area contributed by atoms with Gasteiger partial charge in [0.2, 0.25) is 0 Å². The highest BCUT2D eigenvalue weighted by Crippen LogP contribution is 1.94. The van der Waals surface area contributed by atoms with Gasteiger partial charge in [0.15, 0.2) is 0 Å². The number of carbonyl (C=O) groups is 1. The Morgan fingerprint density at radius 2 is 2.46 bits per heavy atom. The molecule has 0 unspecified atom stereocenters. The van der Waals surface area contributed by atoms with Crippen molar-refractivity contribution in [3.05, 3.63) is 24.4 Å². The maximum absolute atomic E-state index is 10.7. The zero-order valence-electron chi connectivity index (χ0n) is 7.54. The van der Waals surface area contributed by atoms with Gasteiger partial charge in [-0.2, -0.15) is 0 Å². The predicted molar refractivity (Wildman–Crippen MR) is 48.1 cm³/mol. The molecule has 0 fully saturated rings. The molecule has 0 saturated heterocycles. The number of carbonyl (C=O) groups excluding carboxylic acids is 1. The van der Waals surface area contributed by atoms with E-state index in [0.717, 1.165) is 5.82 Å². The number of pyridine rings is 1. The summed E-state index contributed by atoms with van der Waals surface area (Å²) in [5.74, 6) is 0.690. The van der Waals surface area contributed by atoms with E-state index in [2.05, 4.69) is 15.0 Å². The fourth-order valence-electron chi connectivity index (χ4n) is 0.905. The molecule has 0 saturated carbocycles. The van der Waals surface area contributed by atoms with Gasteiger partial charge in [0, 0.05) is 6.07 Å². The summed E-state index contributed by atoms with van der Waals surface area (Å²) in [6, 6.07) is 5.71. The molecule has 0 aliphatic carbocycles. The SMILES string of the molecule is COC(=O)CCNc1cccc[nH+]1. The molecule has 70 valence electrons. The molecule has 0 bridgehead atoms. The first-order valence-corrected chi connectivity index (χ1v) is 4.10. The molecule has 0 aliphatic rings. The number of esters is 1. The molecule has 0 aliphatic heterocycles. The van der Waals surface area contributed by atoms with Gasteiger partial charge in [0.25, 0.3) is 5.82 Å². The number of aromatic amines is 1. The monoisotopic (exact) mass is 181 g/mol. The van der Waals surface area contributed by atoms with E-state index in [-0.39, 0.29) is 5.97 Å². The summed E-state index contributed by atoms with van der Waals surface area (Å²) in [4.78, 5) is 13.7. The molecule has 4 nitrogen and oxygen atoms in total. The zero-order chi connectivity index (χ0) is 9.52. The normalized spacial score (nSPS) is 9.31. The highest BCUT2D eigenvalue weighted by Gasteiger charge is 2.02. The van der Waals surface area contributed by atoms with Crippen LogP contribution in [0.1, 0.15) is 6.42 Å². The van der Waals surface area contributed by atoms with Gasteiger partial charge < -0.3 is 4.74 Å². The van der Waals surface area contributed by atoms with Crippen LogP contribution in [-0.2, 0) is 9.53 Å². The van der Waals surface area contributed by atoms with Crippen molar-refractivity contribution in [3.8, 4) is 0 Å². The second-order valence-electron chi connectivity index (χ2n) is 2.53. The molecule has 2 N–H and O–H groups in total. The summed E-state index contributed by atoms with van der Waals surface area (Å²) in [7, 11) is 1.39. The van der Waals surface area contributed by atoms with Gasteiger partial charge in [-0.25, -0.2) is 4.98 Å². The third kappa shape index (κ3) is 3.55. The fraction of sp³-hybridized carbons (Fsp3) is 0.333. The van der Waals surface area contributed by atoms with Crippen molar-refractivity contribution in [1.29, 1.82) is 0 Å². The number of H-pyrrole nitrogens is 1. The first-order valence-electron chi connectivity index (χ1n) is 4.10. The van der Waals surface area contributed by atoms with Gasteiger partial charge in [-0.15, -0.1) is 0 Å². The number of anilines is 1. The molecular weight excluding hydrogens is 168 g/mol. The average Bonchev–Trinajstić information content (AvgIpc) is 2.19. The van der Waals surface area contributed by atoms with E-state index < -0.39 is 0 Å². The average molecular weight is 181 g/mol. The molecule has 0 radical (unpaired) electrons. The number of rotatable bonds is 4. The Labute approximate surface area is 76.9 Å². The van der Waals surface area contributed by atoms with E-state index >= 15 is 0 Å². The van der Waals surface area contributed by atoms with Crippen LogP contribution in [0.3, 0.4) is 0 Å². The lowest BCUT2D eigenvalue weighted by Gasteiger charge is -1.97. The van der Waals surface area contributed by atoms with Gasteiger partial charge in [-0.05, 0) is 6.07 Å². The van der Waals surface area contributed by atoms with Crippen LogP contribution in [0.25, 0.3) is 0 Å². The van der Waals surface area contributed by atoms with E-state index in [1.165, 1.54) is 7.11 Å². The second kappa shape index (κ2) is 5.13. The Kier molecular flexibility index (Phi) is 3.75. The molecule has 1 rings (SSSR count). The van der Waals surface area contributed by atoms with Gasteiger partial charge in [0.1, 0.15) is 0 Å². The molecule has 0 atom stereocenters. The number of nitrogens with one attached hydrogen (secondary N) is 2. The second-order valence-corrected chi connectivity index (χ2v) is 2.53. The first kappa shape index (κ1) is 9.51. The van der Waals surface area contributed by atoms with Crippen LogP contribution in [0, 0.1) is 0 Å². The molecule has 1 aromatic heterocycles. The summed E-state index contributed by atoms with van der Waals surface area (Å²) < 4.78 is 4.50. The Morgan fingerprint density at radius 1 is 1.62 bits per heavy atom. The molecular formula is C9H13N2O2+. The molecule has 1 heterocycles. The fourth-order valence-corrected chi connectivity index (χ4v) is 0.905. The van der Waals surface area contributed by atoms with Crippen LogP contribution < -0.4 is 10.3 Å². The first-order chi connectivity index (χ1) is 6.33. The highest BCUT2D eigenvalue weighted by molar-refractivity contribution is 5.69. The molecule has 0 spiro atoms. The highest BCUT2D eigenvalue weighted by atomic mass is 16.5. The molecule has 4 heteroatoms. The maximum Gasteiger partial charge on any atom is 0.309 e. The predicted octanol–water partition coefficient (Wildman–Crippen LogP) is 0.476. The van der Waals surface area contributed by atoms with E-state index in [1.54, 1.807) is 0 Å². The van der Waals surface area contributed by atoms with Crippen molar-refractivity contribution in [2.75, 3.05) is 19.0 Å². The van der Waals surface area contributed by atoms with E-state index in [1.807, 2.05) is 24.4 Å². The van der Waals surface area contributed by atoms with Crippen molar-refractivity contribution in [1.82, 2.24) is 0 Å². The number of hydrogen-bond acceptors (Lipinski definition) is 3. The quantitative estimate of drug-likeness (QED) is 0.687. The van der Waals surface area contributed by atoms with Crippen molar-refractivity contribution in [2.24, 2.45) is 0 Å². The van der Waals surface area contributed by atoms with E-state index in [4.69, 9.17) is 0 Å². The molecule has 0 amide bonds. The largest absolute Gasteiger partial charge is 0.469 e. The molecule has 13 heavy (non-hydrogen) atoms. The minimum absolute atomic E-state index is 0.205. The lowest BCUT2D eigenvalue weighted by Crippen LogP contribution is -2.15. The van der Waals surface area contributed by atoms with Crippen LogP contribution in [0.4, 0.5) is 5.82 Å². The Balaban J connectivity index is 2.24. The van der Waals surface area contributed by atoms with Crippen molar-refractivity contribution in [2.45, 2.75) is 6.42 Å². The Hall–Kier alpha value is -1.58. The number of aromatic nitrogens is 1. The minimum Gasteiger partial charge on any atom is -0.469 e. The number of ether oxygens (including phenoxy) is 1. The van der Waals surface area contributed by atoms with Crippen LogP contribution >= 0.6 is 0 Å². The molecule has 0 aromatic carbocycles. The van der Waals surface area contributed by atoms with Gasteiger partial charge in [-0.3, -0.25) is 10.1 Å². The summed E-state index contributed by atoms with van der Waals surface area (Å²) in [5.41, 5.74) is 0. The minimum atomic E-state index is -0.205. The van der Waals surface area contributed by atoms with E-state index in [0.29, 0.717) is 13.0 Å². The van der Waals surface area contributed by atoms with Crippen molar-refractivity contribution < 1.29 is 14.5 Å². The topological polar surface area (TPSA) is 52.5 Å². The lowest BCUT2D eigenvalue weighted by molar-refractivity contribution is -0.361. The number of hydrogen-bond donors (Lipinski definition) is 1. The standard InChI is InChI=1S/C9H12N2O2/c1-13-9(12)5-7-11-8-4-2-3-6-10-8/h2-4,6H,5,7H2,1H3,(H,10,11)/p+1. The van der Waals surface area contributed by atoms with Crippen molar-refractivity contribution in [3.63, 3.8) is 0 Å². The smallest absolute Gasteiger partial charge is 0.309 e. The zero-order valence-corrected chi connectivity index (χ0v) is 7.54. The lowest BCUT2D eigenvalue weighted by atomic mass is 10.4. The maximum atomic E-state index is 10.7. The summed E-state index contributed by atoms with van der Waals surface area (Å²) in [6.45, 7) is 0.577. The Morgan fingerprint density at radius 3 is 3.08 bits per heavy atom. The summed E-state index contributed by atoms with van der Waals surface area (Å²) >= 11 is 0. The van der Waals surface area contributed by atoms with Crippen LogP contribution in [0.15, 0.2) is 24.4 Å². The van der Waals surface area contributed by atoms with E-state index in [9.17, 15) is 4.79 Å². The van der Waals surface area contributed by atoms with Crippen molar-refractivity contribution >= 4 is 11.8 Å². The van der Waals surface area contributed by atoms with Gasteiger partial charge in [0.05, 0.1) is 26.3 Å². The third-order valence-electron chi connectivity index (χ3n) is 1.58. The summed E-state index contributed by atoms with van der Waals surface area (Å²) in [6.07, 6.45) is 2.19. The van der Waals surface area contributed by atoms with Crippen LogP contribution in [0.2, 0.25) is 0 Å². The van der Waals surface area contributed by atoms with Gasteiger partial charge in [-0.1, -0.05) is 6.07 Å². The van der Waals surface area contributed by atoms with Crippen LogP contribution in [0.5, 0.6) is 0 Å². The Bertz CT molecular complexity index is 262.